The molecule has 1 saturated heterocycles. The first kappa shape index (κ1) is 15.5. The maximum atomic E-state index is 11.8. The quantitative estimate of drug-likeness (QED) is 0.333. The van der Waals surface area contributed by atoms with Gasteiger partial charge < -0.3 is 4.74 Å². The lowest BCUT2D eigenvalue weighted by Gasteiger charge is -2.18. The predicted molar refractivity (Wildman–Crippen MR) is 81.8 cm³/mol. The van der Waals surface area contributed by atoms with Crippen molar-refractivity contribution in [2.45, 2.75) is 39.0 Å². The van der Waals surface area contributed by atoms with E-state index in [2.05, 4.69) is 18.2 Å². The molecule has 1 unspecified atom stereocenters. The zero-order chi connectivity index (χ0) is 15.1. The van der Waals surface area contributed by atoms with E-state index in [1.807, 2.05) is 24.3 Å². The Morgan fingerprint density at radius 3 is 2.67 bits per heavy atom. The number of ether oxygens (including phenoxy) is 1. The fourth-order valence-electron chi connectivity index (χ4n) is 2.68. The highest BCUT2D eigenvalue weighted by molar-refractivity contribution is 6.03. The molecule has 21 heavy (non-hydrogen) atoms. The maximum Gasteiger partial charge on any atom is 0.320 e. The molecule has 112 valence electrons. The third kappa shape index (κ3) is 3.81. The molecular formula is C18H22O3. The van der Waals surface area contributed by atoms with Crippen molar-refractivity contribution in [3.63, 3.8) is 0 Å². The monoisotopic (exact) mass is 286 g/mol. The molecule has 0 amide bonds. The van der Waals surface area contributed by atoms with Gasteiger partial charge in [-0.3, -0.25) is 9.59 Å². The summed E-state index contributed by atoms with van der Waals surface area (Å²) in [7, 11) is 0. The summed E-state index contributed by atoms with van der Waals surface area (Å²) in [5.74, 6) is -0.442. The highest BCUT2D eigenvalue weighted by atomic mass is 16.5. The van der Waals surface area contributed by atoms with Crippen LogP contribution in [0, 0.1) is 5.41 Å². The average Bonchev–Trinajstić information content (AvgIpc) is 2.86. The van der Waals surface area contributed by atoms with Gasteiger partial charge in [-0.1, -0.05) is 42.5 Å². The third-order valence-corrected chi connectivity index (χ3v) is 4.14. The number of cyclic esters (lactones) is 1. The van der Waals surface area contributed by atoms with Crippen molar-refractivity contribution >= 4 is 11.8 Å². The molecule has 1 heterocycles. The maximum absolute atomic E-state index is 11.8. The standard InChI is InChI=1S/C18H22O3/c1-15(19)18(13-14-21-17(18)20)12-8-3-2-5-9-16-10-6-4-7-11-16/h3-4,6-8,10-11H,2,5,9,12-14H2,1H3/b8-3+. The van der Waals surface area contributed by atoms with Crippen LogP contribution in [0.3, 0.4) is 0 Å². The molecule has 3 nitrogen and oxygen atoms in total. The Labute approximate surface area is 126 Å². The van der Waals surface area contributed by atoms with Gasteiger partial charge in [0.15, 0.2) is 0 Å². The predicted octanol–water partition coefficient (Wildman–Crippen LogP) is 3.48. The van der Waals surface area contributed by atoms with Crippen LogP contribution in [0.2, 0.25) is 0 Å². The van der Waals surface area contributed by atoms with E-state index in [9.17, 15) is 9.59 Å². The molecule has 0 radical (unpaired) electrons. The van der Waals surface area contributed by atoms with Crippen molar-refractivity contribution in [1.29, 1.82) is 0 Å². The summed E-state index contributed by atoms with van der Waals surface area (Å²) in [6, 6.07) is 10.4. The largest absolute Gasteiger partial charge is 0.465 e. The molecule has 1 aliphatic heterocycles. The number of carbonyl (C=O) groups is 2. The van der Waals surface area contributed by atoms with Gasteiger partial charge >= 0.3 is 5.97 Å². The van der Waals surface area contributed by atoms with Crippen LogP contribution in [0.25, 0.3) is 0 Å². The van der Waals surface area contributed by atoms with Crippen LogP contribution >= 0.6 is 0 Å². The van der Waals surface area contributed by atoms with E-state index < -0.39 is 5.41 Å². The molecule has 1 aromatic rings. The average molecular weight is 286 g/mol. The Balaban J connectivity index is 1.77. The summed E-state index contributed by atoms with van der Waals surface area (Å²) in [5, 5.41) is 0. The highest BCUT2D eigenvalue weighted by Crippen LogP contribution is 2.35. The molecule has 1 atom stereocenters. The topological polar surface area (TPSA) is 43.4 Å². The lowest BCUT2D eigenvalue weighted by molar-refractivity contribution is -0.150. The van der Waals surface area contributed by atoms with Crippen LogP contribution in [0.1, 0.15) is 38.2 Å². The van der Waals surface area contributed by atoms with Gasteiger partial charge in [-0.15, -0.1) is 0 Å². The Morgan fingerprint density at radius 1 is 1.29 bits per heavy atom. The number of unbranched alkanes of at least 4 members (excludes halogenated alkanes) is 1. The molecule has 0 aliphatic carbocycles. The lowest BCUT2D eigenvalue weighted by Crippen LogP contribution is -2.33. The second kappa shape index (κ2) is 7.21. The lowest BCUT2D eigenvalue weighted by atomic mass is 9.79. The Morgan fingerprint density at radius 2 is 2.05 bits per heavy atom. The van der Waals surface area contributed by atoms with Crippen LogP contribution in [-0.2, 0) is 20.7 Å². The fourth-order valence-corrected chi connectivity index (χ4v) is 2.68. The van der Waals surface area contributed by atoms with Crippen molar-refractivity contribution in [2.24, 2.45) is 5.41 Å². The van der Waals surface area contributed by atoms with Gasteiger partial charge in [-0.2, -0.15) is 0 Å². The zero-order valence-electron chi connectivity index (χ0n) is 12.5. The highest BCUT2D eigenvalue weighted by Gasteiger charge is 2.47. The van der Waals surface area contributed by atoms with Gasteiger partial charge in [0.2, 0.25) is 0 Å². The van der Waals surface area contributed by atoms with Crippen molar-refractivity contribution in [3.8, 4) is 0 Å². The van der Waals surface area contributed by atoms with Crippen molar-refractivity contribution in [3.05, 3.63) is 48.0 Å². The Kier molecular flexibility index (Phi) is 5.32. The first-order valence-electron chi connectivity index (χ1n) is 7.52. The van der Waals surface area contributed by atoms with Gasteiger partial charge in [0, 0.05) is 6.42 Å². The minimum atomic E-state index is -0.921. The second-order valence-corrected chi connectivity index (χ2v) is 5.58. The number of allylic oxidation sites excluding steroid dienone is 2. The van der Waals surface area contributed by atoms with E-state index in [-0.39, 0.29) is 11.8 Å². The third-order valence-electron chi connectivity index (χ3n) is 4.14. The summed E-state index contributed by atoms with van der Waals surface area (Å²) >= 11 is 0. The molecule has 0 spiro atoms. The van der Waals surface area contributed by atoms with Crippen LogP contribution in [0.5, 0.6) is 0 Å². The van der Waals surface area contributed by atoms with Gasteiger partial charge in [0.1, 0.15) is 11.2 Å². The Bertz CT molecular complexity index is 519. The first-order valence-corrected chi connectivity index (χ1v) is 7.52. The van der Waals surface area contributed by atoms with Gasteiger partial charge in [0.05, 0.1) is 6.61 Å². The number of benzene rings is 1. The summed E-state index contributed by atoms with van der Waals surface area (Å²) < 4.78 is 4.97. The van der Waals surface area contributed by atoms with E-state index in [1.165, 1.54) is 12.5 Å². The number of hydrogen-bond donors (Lipinski definition) is 0. The zero-order valence-corrected chi connectivity index (χ0v) is 12.5. The summed E-state index contributed by atoms with van der Waals surface area (Å²) in [4.78, 5) is 23.5. The van der Waals surface area contributed by atoms with Crippen molar-refractivity contribution in [1.82, 2.24) is 0 Å². The second-order valence-electron chi connectivity index (χ2n) is 5.58. The summed E-state index contributed by atoms with van der Waals surface area (Å²) in [5.41, 5.74) is 0.418. The molecule has 0 saturated carbocycles. The minimum absolute atomic E-state index is 0.0843. The first-order chi connectivity index (χ1) is 10.1. The van der Waals surface area contributed by atoms with Gasteiger partial charge in [-0.25, -0.2) is 0 Å². The van der Waals surface area contributed by atoms with E-state index in [1.54, 1.807) is 0 Å². The minimum Gasteiger partial charge on any atom is -0.465 e. The number of Topliss-reactive ketones (excluding diaryl/α,β-unsaturated/α-hetero) is 1. The van der Waals surface area contributed by atoms with Gasteiger partial charge in [-0.05, 0) is 38.2 Å². The molecule has 2 rings (SSSR count). The number of hydrogen-bond acceptors (Lipinski definition) is 3. The normalized spacial score (nSPS) is 21.7. The van der Waals surface area contributed by atoms with Crippen LogP contribution in [-0.4, -0.2) is 18.4 Å². The molecular weight excluding hydrogens is 264 g/mol. The summed E-state index contributed by atoms with van der Waals surface area (Å²) in [6.07, 6.45) is 8.07. The molecule has 3 heteroatoms. The number of carbonyl (C=O) groups excluding carboxylic acids is 2. The molecule has 0 N–H and O–H groups in total. The smallest absolute Gasteiger partial charge is 0.320 e. The number of rotatable bonds is 7. The van der Waals surface area contributed by atoms with Gasteiger partial charge in [0.25, 0.3) is 0 Å². The van der Waals surface area contributed by atoms with Crippen LogP contribution in [0.15, 0.2) is 42.5 Å². The summed E-state index contributed by atoms with van der Waals surface area (Å²) in [6.45, 7) is 1.84. The number of esters is 1. The van der Waals surface area contributed by atoms with E-state index >= 15 is 0 Å². The van der Waals surface area contributed by atoms with E-state index in [4.69, 9.17) is 4.74 Å². The molecule has 1 aliphatic rings. The molecule has 1 aromatic carbocycles. The molecule has 1 fully saturated rings. The molecule has 0 bridgehead atoms. The fraction of sp³-hybridized carbons (Fsp3) is 0.444. The van der Waals surface area contributed by atoms with Crippen LogP contribution < -0.4 is 0 Å². The van der Waals surface area contributed by atoms with E-state index in [0.717, 1.165) is 19.3 Å². The number of ketones is 1. The molecule has 0 aromatic heterocycles. The van der Waals surface area contributed by atoms with Crippen molar-refractivity contribution < 1.29 is 14.3 Å². The number of aryl methyl sites for hydroxylation is 1. The van der Waals surface area contributed by atoms with Crippen molar-refractivity contribution in [2.75, 3.05) is 6.61 Å². The SMILES string of the molecule is CC(=O)C1(C/C=C/CCCc2ccccc2)CCOC1=O. The Hall–Kier alpha value is -1.90. The van der Waals surface area contributed by atoms with E-state index in [0.29, 0.717) is 19.4 Å². The van der Waals surface area contributed by atoms with Crippen LogP contribution in [0.4, 0.5) is 0 Å².